The summed E-state index contributed by atoms with van der Waals surface area (Å²) in [7, 11) is 1.45. The SMILES string of the molecule is COc1cc(C=Nc2cccc([N+](=O)[O-])c2)ccc1O. The number of aromatic hydroxyl groups is 1. The molecule has 2 rings (SSSR count). The Bertz CT molecular complexity index is 668. The van der Waals surface area contributed by atoms with Crippen molar-refractivity contribution in [1.82, 2.24) is 0 Å². The van der Waals surface area contributed by atoms with Gasteiger partial charge in [-0.15, -0.1) is 0 Å². The van der Waals surface area contributed by atoms with E-state index in [0.29, 0.717) is 17.0 Å². The van der Waals surface area contributed by atoms with Crippen LogP contribution in [-0.4, -0.2) is 23.4 Å². The highest BCUT2D eigenvalue weighted by Gasteiger charge is 2.05. The zero-order chi connectivity index (χ0) is 14.5. The third-order valence-electron chi connectivity index (χ3n) is 2.61. The van der Waals surface area contributed by atoms with Crippen LogP contribution in [0, 0.1) is 10.1 Å². The van der Waals surface area contributed by atoms with Gasteiger partial charge in [-0.05, 0) is 29.8 Å². The Balaban J connectivity index is 2.25. The molecule has 0 saturated heterocycles. The fraction of sp³-hybridized carbons (Fsp3) is 0.0714. The summed E-state index contributed by atoms with van der Waals surface area (Å²) in [5.41, 5.74) is 1.18. The van der Waals surface area contributed by atoms with Gasteiger partial charge in [-0.1, -0.05) is 6.07 Å². The van der Waals surface area contributed by atoms with E-state index in [1.54, 1.807) is 30.5 Å². The van der Waals surface area contributed by atoms with Gasteiger partial charge in [0.15, 0.2) is 11.5 Å². The molecule has 0 radical (unpaired) electrons. The first kappa shape index (κ1) is 13.5. The second-order valence-corrected chi connectivity index (χ2v) is 3.97. The molecule has 0 aliphatic heterocycles. The van der Waals surface area contributed by atoms with Crippen molar-refractivity contribution < 1.29 is 14.8 Å². The molecule has 2 aromatic rings. The molecule has 0 spiro atoms. The van der Waals surface area contributed by atoms with Crippen LogP contribution in [0.4, 0.5) is 11.4 Å². The number of phenols is 1. The Morgan fingerprint density at radius 1 is 1.30 bits per heavy atom. The molecular formula is C14H12N2O4. The first-order valence-electron chi connectivity index (χ1n) is 5.75. The molecule has 0 heterocycles. The molecule has 0 amide bonds. The molecule has 0 aliphatic carbocycles. The zero-order valence-electron chi connectivity index (χ0n) is 10.7. The number of non-ortho nitro benzene ring substituents is 1. The van der Waals surface area contributed by atoms with Crippen LogP contribution in [0.1, 0.15) is 5.56 Å². The van der Waals surface area contributed by atoms with E-state index in [4.69, 9.17) is 4.74 Å². The molecule has 0 fully saturated rings. The Morgan fingerprint density at radius 2 is 2.10 bits per heavy atom. The molecular weight excluding hydrogens is 260 g/mol. The number of ether oxygens (including phenoxy) is 1. The molecule has 0 atom stereocenters. The zero-order valence-corrected chi connectivity index (χ0v) is 10.7. The second kappa shape index (κ2) is 5.83. The van der Waals surface area contributed by atoms with Gasteiger partial charge in [0.25, 0.3) is 5.69 Å². The summed E-state index contributed by atoms with van der Waals surface area (Å²) in [6, 6.07) is 10.8. The van der Waals surface area contributed by atoms with E-state index >= 15 is 0 Å². The molecule has 0 saturated carbocycles. The number of nitrogens with zero attached hydrogens (tertiary/aromatic N) is 2. The summed E-state index contributed by atoms with van der Waals surface area (Å²) < 4.78 is 4.99. The van der Waals surface area contributed by atoms with Crippen LogP contribution in [0.2, 0.25) is 0 Å². The van der Waals surface area contributed by atoms with E-state index < -0.39 is 4.92 Å². The number of rotatable bonds is 4. The summed E-state index contributed by atoms with van der Waals surface area (Å²) in [6.45, 7) is 0. The topological polar surface area (TPSA) is 85.0 Å². The number of benzene rings is 2. The van der Waals surface area contributed by atoms with Gasteiger partial charge >= 0.3 is 0 Å². The van der Waals surface area contributed by atoms with Gasteiger partial charge in [-0.25, -0.2) is 0 Å². The molecule has 102 valence electrons. The average Bonchev–Trinajstić information content (AvgIpc) is 2.46. The summed E-state index contributed by atoms with van der Waals surface area (Å²) in [5, 5.41) is 20.1. The van der Waals surface area contributed by atoms with Crippen molar-refractivity contribution in [2.75, 3.05) is 7.11 Å². The maximum Gasteiger partial charge on any atom is 0.271 e. The monoisotopic (exact) mass is 272 g/mol. The largest absolute Gasteiger partial charge is 0.504 e. The fourth-order valence-corrected chi connectivity index (χ4v) is 1.61. The molecule has 6 nitrogen and oxygen atoms in total. The van der Waals surface area contributed by atoms with Crippen molar-refractivity contribution in [1.29, 1.82) is 0 Å². The standard InChI is InChI=1S/C14H12N2O4/c1-20-14-7-10(5-6-13(14)17)9-15-11-3-2-4-12(8-11)16(18)19/h2-9,17H,1H3. The number of nitro benzene ring substituents is 1. The quantitative estimate of drug-likeness (QED) is 0.526. The predicted octanol–water partition coefficient (Wildman–Crippen LogP) is 3.06. The Kier molecular flexibility index (Phi) is 3.95. The number of methoxy groups -OCH3 is 1. The van der Waals surface area contributed by atoms with Crippen molar-refractivity contribution in [3.63, 3.8) is 0 Å². The van der Waals surface area contributed by atoms with Crippen LogP contribution in [-0.2, 0) is 0 Å². The predicted molar refractivity (Wildman–Crippen MR) is 75.0 cm³/mol. The Labute approximate surface area is 115 Å². The fourth-order valence-electron chi connectivity index (χ4n) is 1.61. The van der Waals surface area contributed by atoms with Crippen molar-refractivity contribution in [3.8, 4) is 11.5 Å². The lowest BCUT2D eigenvalue weighted by atomic mass is 10.2. The third kappa shape index (κ3) is 3.11. The van der Waals surface area contributed by atoms with E-state index in [0.717, 1.165) is 0 Å². The minimum Gasteiger partial charge on any atom is -0.504 e. The highest BCUT2D eigenvalue weighted by molar-refractivity contribution is 5.83. The maximum atomic E-state index is 10.7. The van der Waals surface area contributed by atoms with E-state index in [-0.39, 0.29) is 11.4 Å². The number of nitro groups is 1. The lowest BCUT2D eigenvalue weighted by Gasteiger charge is -2.03. The van der Waals surface area contributed by atoms with Crippen molar-refractivity contribution in [2.24, 2.45) is 4.99 Å². The van der Waals surface area contributed by atoms with Crippen LogP contribution in [0.15, 0.2) is 47.5 Å². The van der Waals surface area contributed by atoms with Crippen LogP contribution < -0.4 is 4.74 Å². The summed E-state index contributed by atoms with van der Waals surface area (Å²) in [5.74, 6) is 0.382. The minimum atomic E-state index is -0.470. The second-order valence-electron chi connectivity index (χ2n) is 3.97. The number of phenolic OH excluding ortho intramolecular Hbond substituents is 1. The van der Waals surface area contributed by atoms with Gasteiger partial charge in [0.1, 0.15) is 0 Å². The molecule has 0 bridgehead atoms. The molecule has 6 heteroatoms. The summed E-state index contributed by atoms with van der Waals surface area (Å²) >= 11 is 0. The molecule has 0 aliphatic rings. The highest BCUT2D eigenvalue weighted by Crippen LogP contribution is 2.26. The number of hydrogen-bond acceptors (Lipinski definition) is 5. The molecule has 0 aromatic heterocycles. The highest BCUT2D eigenvalue weighted by atomic mass is 16.6. The first-order valence-corrected chi connectivity index (χ1v) is 5.75. The molecule has 1 N–H and O–H groups in total. The van der Waals surface area contributed by atoms with Crippen molar-refractivity contribution in [3.05, 3.63) is 58.1 Å². The van der Waals surface area contributed by atoms with E-state index in [9.17, 15) is 15.2 Å². The van der Waals surface area contributed by atoms with Crippen LogP contribution >= 0.6 is 0 Å². The Hall–Kier alpha value is -2.89. The van der Waals surface area contributed by atoms with Crippen LogP contribution in [0.5, 0.6) is 11.5 Å². The van der Waals surface area contributed by atoms with Gasteiger partial charge in [-0.3, -0.25) is 15.1 Å². The summed E-state index contributed by atoms with van der Waals surface area (Å²) in [4.78, 5) is 14.3. The maximum absolute atomic E-state index is 10.7. The van der Waals surface area contributed by atoms with Gasteiger partial charge in [0, 0.05) is 18.3 Å². The average molecular weight is 272 g/mol. The first-order chi connectivity index (χ1) is 9.60. The van der Waals surface area contributed by atoms with Crippen LogP contribution in [0.25, 0.3) is 0 Å². The van der Waals surface area contributed by atoms with Gasteiger partial charge in [-0.2, -0.15) is 0 Å². The van der Waals surface area contributed by atoms with Gasteiger partial charge in [0.2, 0.25) is 0 Å². The third-order valence-corrected chi connectivity index (χ3v) is 2.61. The minimum absolute atomic E-state index is 0.0112. The number of aliphatic imine (C=N–C) groups is 1. The smallest absolute Gasteiger partial charge is 0.271 e. The van der Waals surface area contributed by atoms with Gasteiger partial charge < -0.3 is 9.84 Å². The summed E-state index contributed by atoms with van der Waals surface area (Å²) in [6.07, 6.45) is 1.54. The van der Waals surface area contributed by atoms with Crippen LogP contribution in [0.3, 0.4) is 0 Å². The van der Waals surface area contributed by atoms with Crippen molar-refractivity contribution in [2.45, 2.75) is 0 Å². The normalized spacial score (nSPS) is 10.7. The van der Waals surface area contributed by atoms with E-state index in [1.807, 2.05) is 0 Å². The van der Waals surface area contributed by atoms with Gasteiger partial charge in [0.05, 0.1) is 17.7 Å². The van der Waals surface area contributed by atoms with Crippen molar-refractivity contribution >= 4 is 17.6 Å². The molecule has 20 heavy (non-hydrogen) atoms. The molecule has 2 aromatic carbocycles. The van der Waals surface area contributed by atoms with E-state index in [2.05, 4.69) is 4.99 Å². The molecule has 0 unspecified atom stereocenters. The Morgan fingerprint density at radius 3 is 2.80 bits per heavy atom. The van der Waals surface area contributed by atoms with E-state index in [1.165, 1.54) is 25.3 Å². The lowest BCUT2D eigenvalue weighted by Crippen LogP contribution is -1.88. The lowest BCUT2D eigenvalue weighted by molar-refractivity contribution is -0.384. The number of hydrogen-bond donors (Lipinski definition) is 1.